The number of fused-ring (bicyclic) bond motifs is 3. The molecule has 4 aliphatic rings. The van der Waals surface area contributed by atoms with Crippen LogP contribution in [0.5, 0.6) is 5.75 Å². The largest absolute Gasteiger partial charge is 0.491 e. The van der Waals surface area contributed by atoms with Gasteiger partial charge in [0.1, 0.15) is 28.5 Å². The van der Waals surface area contributed by atoms with Crippen LogP contribution in [0.4, 0.5) is 0 Å². The second kappa shape index (κ2) is 16.2. The summed E-state index contributed by atoms with van der Waals surface area (Å²) in [7, 11) is -3.88. The maximum absolute atomic E-state index is 14.0. The zero-order valence-corrected chi connectivity index (χ0v) is 30.4. The fraction of sp³-hybridized carbons (Fsp3) is 0.568. The first kappa shape index (κ1) is 38.2. The van der Waals surface area contributed by atoms with Crippen molar-refractivity contribution in [3.63, 3.8) is 0 Å². The molecule has 0 unspecified atom stereocenters. The van der Waals surface area contributed by atoms with E-state index in [-0.39, 0.29) is 31.5 Å². The van der Waals surface area contributed by atoms with Gasteiger partial charge < -0.3 is 31.1 Å². The standard InChI is InChI=1S/C37H48N6O9S/c38-27-12-6-3-1-2-5-11-24-21-37(24,36(49)42-53(50,51)26-16-17-26)41-34(47)29-20-25(22-43(29)35(27)48)39-33(46)28-18-15-23-10-9-13-30(32(23)40-28)52-19-8-4-7-14-31(44)45/h5,9-11,13,15,18,24-27,29H,1-4,6-8,12,14,16-17,19-22,38H2,(H,39,46)(H,41,47)(H,42,49)(H,44,45)/t24-,25-,27+,29+,37-/m1/s1. The van der Waals surface area contributed by atoms with Crippen LogP contribution in [-0.4, -0.2) is 95.1 Å². The van der Waals surface area contributed by atoms with Gasteiger partial charge in [0, 0.05) is 30.3 Å². The molecule has 1 aromatic carbocycles. The Hall–Kier alpha value is -4.57. The van der Waals surface area contributed by atoms with Gasteiger partial charge in [0.25, 0.3) is 11.8 Å². The number of allylic oxidation sites excluding steroid dienone is 1. The van der Waals surface area contributed by atoms with E-state index in [1.165, 1.54) is 4.90 Å². The Bertz CT molecular complexity index is 1880. The molecule has 2 aliphatic carbocycles. The van der Waals surface area contributed by atoms with Crippen molar-refractivity contribution in [1.29, 1.82) is 0 Å². The minimum Gasteiger partial charge on any atom is -0.491 e. The van der Waals surface area contributed by atoms with Crippen LogP contribution in [0.25, 0.3) is 10.9 Å². The topological polar surface area (TPSA) is 227 Å². The number of nitrogens with one attached hydrogen (secondary N) is 3. The van der Waals surface area contributed by atoms with E-state index >= 15 is 0 Å². The fourth-order valence-electron chi connectivity index (χ4n) is 7.16. The molecule has 0 radical (unpaired) electrons. The molecule has 6 N–H and O–H groups in total. The van der Waals surface area contributed by atoms with E-state index in [1.807, 2.05) is 24.3 Å². The minimum atomic E-state index is -3.88. The smallest absolute Gasteiger partial charge is 0.303 e. The van der Waals surface area contributed by atoms with Gasteiger partial charge in [-0.2, -0.15) is 0 Å². The minimum absolute atomic E-state index is 0.00122. The predicted molar refractivity (Wildman–Crippen MR) is 194 cm³/mol. The van der Waals surface area contributed by atoms with Gasteiger partial charge in [0.2, 0.25) is 21.8 Å². The fourth-order valence-corrected chi connectivity index (χ4v) is 8.52. The molecule has 53 heavy (non-hydrogen) atoms. The first-order valence-corrected chi connectivity index (χ1v) is 20.1. The Kier molecular flexibility index (Phi) is 11.7. The van der Waals surface area contributed by atoms with Crippen molar-refractivity contribution in [2.24, 2.45) is 11.7 Å². The Morgan fingerprint density at radius 2 is 1.87 bits per heavy atom. The highest BCUT2D eigenvalue weighted by atomic mass is 32.2. The number of nitrogens with two attached hydrogens (primary N) is 1. The molecule has 4 amide bonds. The number of ether oxygens (including phenoxy) is 1. The average Bonchev–Trinajstić information content (AvgIpc) is 4.05. The van der Waals surface area contributed by atoms with Crippen LogP contribution in [-0.2, 0) is 29.2 Å². The third-order valence-electron chi connectivity index (χ3n) is 10.5. The average molecular weight is 753 g/mol. The molecule has 0 spiro atoms. The van der Waals surface area contributed by atoms with Crippen molar-refractivity contribution in [3.8, 4) is 5.75 Å². The number of amides is 4. The third kappa shape index (κ3) is 9.15. The zero-order chi connectivity index (χ0) is 37.8. The van der Waals surface area contributed by atoms with Crippen molar-refractivity contribution in [1.82, 2.24) is 25.2 Å². The van der Waals surface area contributed by atoms with Crippen LogP contribution in [0, 0.1) is 5.92 Å². The first-order chi connectivity index (χ1) is 25.4. The van der Waals surface area contributed by atoms with Gasteiger partial charge in [-0.3, -0.25) is 28.7 Å². The van der Waals surface area contributed by atoms with Gasteiger partial charge in [-0.15, -0.1) is 0 Å². The number of carbonyl (C=O) groups is 5. The number of carboxylic acid groups (broad SMARTS) is 1. The van der Waals surface area contributed by atoms with Gasteiger partial charge in [-0.1, -0.05) is 43.2 Å². The quantitative estimate of drug-likeness (QED) is 0.156. The van der Waals surface area contributed by atoms with Gasteiger partial charge in [0.05, 0.1) is 17.9 Å². The number of rotatable bonds is 12. The van der Waals surface area contributed by atoms with E-state index < -0.39 is 74.5 Å². The maximum Gasteiger partial charge on any atom is 0.303 e. The summed E-state index contributed by atoms with van der Waals surface area (Å²) in [6, 6.07) is 6.14. The zero-order valence-electron chi connectivity index (χ0n) is 29.6. The normalized spacial score (nSPS) is 26.4. The van der Waals surface area contributed by atoms with Gasteiger partial charge in [-0.25, -0.2) is 13.4 Å². The number of sulfonamides is 1. The molecule has 2 aliphatic heterocycles. The highest BCUT2D eigenvalue weighted by Crippen LogP contribution is 2.46. The second-order valence-electron chi connectivity index (χ2n) is 14.6. The molecule has 3 fully saturated rings. The third-order valence-corrected chi connectivity index (χ3v) is 12.3. The molecule has 5 atom stereocenters. The number of hydrogen-bond acceptors (Lipinski definition) is 10. The van der Waals surface area contributed by atoms with Crippen molar-refractivity contribution < 1.29 is 42.2 Å². The second-order valence-corrected chi connectivity index (χ2v) is 16.6. The number of nitrogens with zero attached hydrogens (tertiary/aromatic N) is 2. The Labute approximate surface area is 308 Å². The van der Waals surface area contributed by atoms with Crippen LogP contribution >= 0.6 is 0 Å². The van der Waals surface area contributed by atoms with Crippen LogP contribution in [0.1, 0.15) is 94.0 Å². The van der Waals surface area contributed by atoms with E-state index in [1.54, 1.807) is 18.2 Å². The lowest BCUT2D eigenvalue weighted by molar-refractivity contribution is -0.140. The molecule has 286 valence electrons. The number of aromatic nitrogens is 1. The molecule has 2 aromatic rings. The van der Waals surface area contributed by atoms with Crippen LogP contribution in [0.15, 0.2) is 42.5 Å². The number of para-hydroxylation sites is 1. The van der Waals surface area contributed by atoms with Crippen molar-refractivity contribution in [2.45, 2.75) is 112 Å². The molecule has 3 heterocycles. The number of pyridine rings is 1. The predicted octanol–water partition coefficient (Wildman–Crippen LogP) is 2.29. The van der Waals surface area contributed by atoms with Crippen molar-refractivity contribution >= 4 is 50.5 Å². The van der Waals surface area contributed by atoms with E-state index in [2.05, 4.69) is 20.3 Å². The highest BCUT2D eigenvalue weighted by Gasteiger charge is 2.62. The van der Waals surface area contributed by atoms with Gasteiger partial charge in [-0.05, 0) is 76.3 Å². The first-order valence-electron chi connectivity index (χ1n) is 18.5. The van der Waals surface area contributed by atoms with Crippen molar-refractivity contribution in [3.05, 3.63) is 48.2 Å². The Morgan fingerprint density at radius 1 is 1.06 bits per heavy atom. The summed E-state index contributed by atoms with van der Waals surface area (Å²) in [5.74, 6) is -3.15. The summed E-state index contributed by atoms with van der Waals surface area (Å²) in [6.45, 7) is 0.351. The van der Waals surface area contributed by atoms with Crippen molar-refractivity contribution in [2.75, 3.05) is 13.2 Å². The van der Waals surface area contributed by atoms with E-state index in [9.17, 15) is 32.4 Å². The van der Waals surface area contributed by atoms with Crippen LogP contribution in [0.2, 0.25) is 0 Å². The van der Waals surface area contributed by atoms with Crippen LogP contribution < -0.4 is 25.8 Å². The molecular weight excluding hydrogens is 705 g/mol. The molecule has 15 nitrogen and oxygen atoms in total. The van der Waals surface area contributed by atoms with Gasteiger partial charge >= 0.3 is 5.97 Å². The lowest BCUT2D eigenvalue weighted by Gasteiger charge is -2.28. The monoisotopic (exact) mass is 752 g/mol. The number of carboxylic acids is 1. The molecule has 16 heteroatoms. The maximum atomic E-state index is 14.0. The summed E-state index contributed by atoms with van der Waals surface area (Å²) in [5, 5.41) is 14.7. The van der Waals surface area contributed by atoms with Gasteiger partial charge in [0.15, 0.2) is 0 Å². The molecule has 2 saturated carbocycles. The molecule has 0 bridgehead atoms. The molecule has 1 aromatic heterocycles. The SMILES string of the molecule is N[C@H]1CCCCCC=C[C@@H]2C[C@@]2(C(=O)NS(=O)(=O)C2CC2)NC(=O)[C@@H]2C[C@@H](NC(=O)c3ccc4cccc(OCCCCCC(=O)O)c4n3)CN2C1=O. The number of unbranched alkanes of at least 4 members (excludes halogenated alkanes) is 2. The highest BCUT2D eigenvalue weighted by molar-refractivity contribution is 7.91. The Balaban J connectivity index is 1.17. The molecule has 1 saturated heterocycles. The number of hydrogen-bond donors (Lipinski definition) is 5. The summed E-state index contributed by atoms with van der Waals surface area (Å²) in [5.41, 5.74) is 5.44. The summed E-state index contributed by atoms with van der Waals surface area (Å²) < 4.78 is 33.6. The molecular formula is C37H48N6O9S. The number of aliphatic carboxylic acids is 1. The number of carbonyl (C=O) groups excluding carboxylic acids is 4. The molecule has 6 rings (SSSR count). The Morgan fingerprint density at radius 3 is 2.64 bits per heavy atom. The van der Waals surface area contributed by atoms with Crippen LogP contribution in [0.3, 0.4) is 0 Å². The lowest BCUT2D eigenvalue weighted by atomic mass is 10.1. The summed E-state index contributed by atoms with van der Waals surface area (Å²) in [4.78, 5) is 71.6. The summed E-state index contributed by atoms with van der Waals surface area (Å²) in [6.07, 6.45) is 10.5. The van der Waals surface area contributed by atoms with E-state index in [0.717, 1.165) is 24.6 Å². The van der Waals surface area contributed by atoms with E-state index in [4.69, 9.17) is 15.6 Å². The lowest BCUT2D eigenvalue weighted by Crippen LogP contribution is -2.57. The summed E-state index contributed by atoms with van der Waals surface area (Å²) >= 11 is 0. The van der Waals surface area contributed by atoms with E-state index in [0.29, 0.717) is 62.8 Å². The number of benzene rings is 1.